The zero-order chi connectivity index (χ0) is 19.3. The summed E-state index contributed by atoms with van der Waals surface area (Å²) in [5.41, 5.74) is 2.92. The van der Waals surface area contributed by atoms with Gasteiger partial charge >= 0.3 is 5.97 Å². The molecule has 0 saturated heterocycles. The number of aromatic nitrogens is 3. The number of hydrogen-bond donors (Lipinski definition) is 0. The highest BCUT2D eigenvalue weighted by Crippen LogP contribution is 2.24. The summed E-state index contributed by atoms with van der Waals surface area (Å²) in [5.74, 6) is -0.656. The van der Waals surface area contributed by atoms with E-state index in [1.54, 1.807) is 18.3 Å². The summed E-state index contributed by atoms with van der Waals surface area (Å²) < 4.78 is 18.3. The fourth-order valence-electron chi connectivity index (χ4n) is 2.45. The minimum Gasteiger partial charge on any atom is -0.459 e. The number of ether oxygens (including phenoxy) is 1. The topological polar surface area (TPSA) is 65.0 Å². The number of thiazole rings is 2. The lowest BCUT2D eigenvalue weighted by Gasteiger charge is -2.01. The first kappa shape index (κ1) is 18.4. The molecule has 0 unspecified atom stereocenters. The first-order chi connectivity index (χ1) is 13.7. The average molecular weight is 411 g/mol. The standard InChI is InChI=1S/C20H14FN3O2S2/c21-14-6-4-13(5-7-14)19-24-16(12-27-19)10-26-18(25)9-15-11-28-20(23-15)17-3-1-2-8-22-17/h1-8,11-12H,9-10H2. The molecule has 0 bridgehead atoms. The van der Waals surface area contributed by atoms with Crippen LogP contribution in [0, 0.1) is 5.82 Å². The zero-order valence-electron chi connectivity index (χ0n) is 14.5. The second kappa shape index (κ2) is 8.37. The Morgan fingerprint density at radius 1 is 0.964 bits per heavy atom. The van der Waals surface area contributed by atoms with Crippen LogP contribution < -0.4 is 0 Å². The predicted octanol–water partition coefficient (Wildman–Crippen LogP) is 4.75. The highest BCUT2D eigenvalue weighted by atomic mass is 32.1. The fraction of sp³-hybridized carbons (Fsp3) is 0.100. The van der Waals surface area contributed by atoms with Crippen LogP contribution in [-0.2, 0) is 22.6 Å². The molecule has 0 aliphatic carbocycles. The van der Waals surface area contributed by atoms with E-state index in [9.17, 15) is 9.18 Å². The van der Waals surface area contributed by atoms with Crippen molar-refractivity contribution in [1.82, 2.24) is 15.0 Å². The number of carbonyl (C=O) groups excluding carboxylic acids is 1. The van der Waals surface area contributed by atoms with Crippen LogP contribution in [0.4, 0.5) is 4.39 Å². The largest absolute Gasteiger partial charge is 0.459 e. The lowest BCUT2D eigenvalue weighted by molar-refractivity contribution is -0.144. The monoisotopic (exact) mass is 411 g/mol. The normalized spacial score (nSPS) is 10.8. The molecular formula is C20H14FN3O2S2. The Balaban J connectivity index is 1.33. The van der Waals surface area contributed by atoms with Crippen molar-refractivity contribution in [3.05, 3.63) is 76.6 Å². The number of halogens is 1. The molecular weight excluding hydrogens is 397 g/mol. The van der Waals surface area contributed by atoms with Gasteiger partial charge in [-0.25, -0.2) is 14.4 Å². The summed E-state index contributed by atoms with van der Waals surface area (Å²) in [4.78, 5) is 25.2. The van der Waals surface area contributed by atoms with Gasteiger partial charge in [0.25, 0.3) is 0 Å². The quantitative estimate of drug-likeness (QED) is 0.428. The predicted molar refractivity (Wildman–Crippen MR) is 106 cm³/mol. The van der Waals surface area contributed by atoms with Crippen LogP contribution in [0.15, 0.2) is 59.4 Å². The third kappa shape index (κ3) is 4.47. The van der Waals surface area contributed by atoms with Gasteiger partial charge in [0.1, 0.15) is 22.4 Å². The molecule has 0 radical (unpaired) electrons. The summed E-state index contributed by atoms with van der Waals surface area (Å²) >= 11 is 2.86. The molecule has 0 aliphatic rings. The van der Waals surface area contributed by atoms with Crippen LogP contribution in [-0.4, -0.2) is 20.9 Å². The maximum absolute atomic E-state index is 13.0. The Morgan fingerprint density at radius 3 is 2.50 bits per heavy atom. The van der Waals surface area contributed by atoms with Crippen LogP contribution in [0.3, 0.4) is 0 Å². The molecule has 3 heterocycles. The minimum absolute atomic E-state index is 0.0910. The molecule has 1 aromatic carbocycles. The van der Waals surface area contributed by atoms with Gasteiger partial charge in [0.15, 0.2) is 0 Å². The number of benzene rings is 1. The smallest absolute Gasteiger partial charge is 0.312 e. The second-order valence-corrected chi connectivity index (χ2v) is 7.56. The first-order valence-corrected chi connectivity index (χ1v) is 10.1. The van der Waals surface area contributed by atoms with E-state index >= 15 is 0 Å². The SMILES string of the molecule is O=C(Cc1csc(-c2ccccn2)n1)OCc1csc(-c2ccc(F)cc2)n1. The Kier molecular flexibility index (Phi) is 5.50. The molecule has 0 fully saturated rings. The first-order valence-electron chi connectivity index (χ1n) is 8.39. The number of hydrogen-bond acceptors (Lipinski definition) is 7. The minimum atomic E-state index is -0.366. The molecule has 5 nitrogen and oxygen atoms in total. The van der Waals surface area contributed by atoms with E-state index in [1.165, 1.54) is 34.8 Å². The fourth-order valence-corrected chi connectivity index (χ4v) is 4.05. The highest BCUT2D eigenvalue weighted by molar-refractivity contribution is 7.13. The molecule has 0 N–H and O–H groups in total. The molecule has 140 valence electrons. The van der Waals surface area contributed by atoms with Gasteiger partial charge < -0.3 is 4.74 Å². The van der Waals surface area contributed by atoms with E-state index in [2.05, 4.69) is 15.0 Å². The molecule has 3 aromatic heterocycles. The van der Waals surface area contributed by atoms with Gasteiger partial charge in [-0.15, -0.1) is 22.7 Å². The third-order valence-electron chi connectivity index (χ3n) is 3.79. The molecule has 0 atom stereocenters. The number of esters is 1. The summed E-state index contributed by atoms with van der Waals surface area (Å²) in [6.45, 7) is 0.0910. The highest BCUT2D eigenvalue weighted by Gasteiger charge is 2.12. The molecule has 4 aromatic rings. The number of carbonyl (C=O) groups is 1. The average Bonchev–Trinajstić information content (AvgIpc) is 3.37. The Morgan fingerprint density at radius 2 is 1.71 bits per heavy atom. The number of pyridine rings is 1. The lowest BCUT2D eigenvalue weighted by atomic mass is 10.2. The number of nitrogens with zero attached hydrogens (tertiary/aromatic N) is 3. The van der Waals surface area contributed by atoms with Crippen molar-refractivity contribution in [1.29, 1.82) is 0 Å². The lowest BCUT2D eigenvalue weighted by Crippen LogP contribution is -2.08. The van der Waals surface area contributed by atoms with Crippen LogP contribution in [0.1, 0.15) is 11.4 Å². The molecule has 28 heavy (non-hydrogen) atoms. The van der Waals surface area contributed by atoms with Gasteiger partial charge in [-0.3, -0.25) is 9.78 Å². The van der Waals surface area contributed by atoms with Crippen molar-refractivity contribution in [3.8, 4) is 21.3 Å². The molecule has 0 aliphatic heterocycles. The molecule has 0 spiro atoms. The van der Waals surface area contributed by atoms with Gasteiger partial charge in [-0.05, 0) is 36.4 Å². The van der Waals surface area contributed by atoms with E-state index in [-0.39, 0.29) is 24.8 Å². The van der Waals surface area contributed by atoms with Crippen LogP contribution in [0.25, 0.3) is 21.3 Å². The van der Waals surface area contributed by atoms with Crippen LogP contribution >= 0.6 is 22.7 Å². The van der Waals surface area contributed by atoms with Crippen molar-refractivity contribution in [2.75, 3.05) is 0 Å². The number of rotatable bonds is 6. The maximum Gasteiger partial charge on any atom is 0.312 e. The van der Waals surface area contributed by atoms with Crippen LogP contribution in [0.2, 0.25) is 0 Å². The van der Waals surface area contributed by atoms with Crippen molar-refractivity contribution < 1.29 is 13.9 Å². The van der Waals surface area contributed by atoms with E-state index < -0.39 is 0 Å². The van der Waals surface area contributed by atoms with Crippen LogP contribution in [0.5, 0.6) is 0 Å². The van der Waals surface area contributed by atoms with Gasteiger partial charge in [0, 0.05) is 22.5 Å². The van der Waals surface area contributed by atoms with E-state index in [0.717, 1.165) is 21.3 Å². The van der Waals surface area contributed by atoms with Gasteiger partial charge in [-0.1, -0.05) is 6.07 Å². The van der Waals surface area contributed by atoms with Crippen molar-refractivity contribution in [2.45, 2.75) is 13.0 Å². The van der Waals surface area contributed by atoms with E-state index in [4.69, 9.17) is 4.74 Å². The summed E-state index contributed by atoms with van der Waals surface area (Å²) in [7, 11) is 0. The third-order valence-corrected chi connectivity index (χ3v) is 5.64. The van der Waals surface area contributed by atoms with Gasteiger partial charge in [0.2, 0.25) is 0 Å². The Labute approximate surface area is 168 Å². The molecule has 8 heteroatoms. The second-order valence-electron chi connectivity index (χ2n) is 5.85. The Bertz CT molecular complexity index is 1080. The van der Waals surface area contributed by atoms with Gasteiger partial charge in [0.05, 0.1) is 23.5 Å². The van der Waals surface area contributed by atoms with Crippen molar-refractivity contribution >= 4 is 28.6 Å². The molecule has 4 rings (SSSR count). The summed E-state index contributed by atoms with van der Waals surface area (Å²) in [6, 6.07) is 11.7. The Hall–Kier alpha value is -2.97. The molecule has 0 saturated carbocycles. The molecule has 0 amide bonds. The van der Waals surface area contributed by atoms with E-state index in [0.29, 0.717) is 11.4 Å². The summed E-state index contributed by atoms with van der Waals surface area (Å²) in [6.07, 6.45) is 1.80. The van der Waals surface area contributed by atoms with E-state index in [1.807, 2.05) is 29.0 Å². The van der Waals surface area contributed by atoms with Crippen molar-refractivity contribution in [3.63, 3.8) is 0 Å². The van der Waals surface area contributed by atoms with Crippen molar-refractivity contribution in [2.24, 2.45) is 0 Å². The van der Waals surface area contributed by atoms with Gasteiger partial charge in [-0.2, -0.15) is 0 Å². The zero-order valence-corrected chi connectivity index (χ0v) is 16.2. The summed E-state index contributed by atoms with van der Waals surface area (Å²) in [5, 5.41) is 5.19. The maximum atomic E-state index is 13.0.